The van der Waals surface area contributed by atoms with E-state index in [2.05, 4.69) is 73.4 Å². The van der Waals surface area contributed by atoms with Crippen molar-refractivity contribution >= 4 is 45.2 Å². The molecule has 2 aromatic rings. The van der Waals surface area contributed by atoms with Crippen LogP contribution < -0.4 is 0 Å². The predicted molar refractivity (Wildman–Crippen MR) is 157 cm³/mol. The number of hydrogen-bond donors (Lipinski definition) is 0. The first-order valence-corrected chi connectivity index (χ1v) is 15.5. The SMILES string of the molecule is N#CC1(c2cncc(I)c2)C[C@@H]2CC[C@@H](C2)C1.N#CC1(c2cncc(I)c2)C[C@H]2CC[C@@H](C1)N2CC(F)F. The lowest BCUT2D eigenvalue weighted by molar-refractivity contribution is 0.0306. The minimum Gasteiger partial charge on any atom is -0.292 e. The van der Waals surface area contributed by atoms with Crippen LogP contribution in [0.5, 0.6) is 0 Å². The maximum atomic E-state index is 12.7. The summed E-state index contributed by atoms with van der Waals surface area (Å²) in [6.45, 7) is -0.165. The molecule has 2 saturated carbocycles. The van der Waals surface area contributed by atoms with Gasteiger partial charge < -0.3 is 0 Å². The van der Waals surface area contributed by atoms with Crippen LogP contribution in [0, 0.1) is 41.6 Å². The molecule has 2 aliphatic carbocycles. The smallest absolute Gasteiger partial charge is 0.251 e. The van der Waals surface area contributed by atoms with Gasteiger partial charge >= 0.3 is 0 Å². The van der Waals surface area contributed by atoms with Gasteiger partial charge in [0.15, 0.2) is 0 Å². The monoisotopic (exact) mass is 741 g/mol. The van der Waals surface area contributed by atoms with Gasteiger partial charge in [0.05, 0.1) is 29.5 Å². The zero-order valence-electron chi connectivity index (χ0n) is 21.2. The van der Waals surface area contributed by atoms with E-state index in [1.165, 1.54) is 19.3 Å². The number of nitrogens with zero attached hydrogens (tertiary/aromatic N) is 5. The molecular weight excluding hydrogens is 710 g/mol. The number of aromatic nitrogens is 2. The Morgan fingerprint density at radius 3 is 1.71 bits per heavy atom. The first-order valence-electron chi connectivity index (χ1n) is 13.3. The van der Waals surface area contributed by atoms with Crippen molar-refractivity contribution in [2.24, 2.45) is 11.8 Å². The van der Waals surface area contributed by atoms with Crippen LogP contribution in [0.25, 0.3) is 0 Å². The fraction of sp³-hybridized carbons (Fsp3) is 0.586. The van der Waals surface area contributed by atoms with Crippen molar-refractivity contribution in [2.45, 2.75) is 87.1 Å². The van der Waals surface area contributed by atoms with Crippen molar-refractivity contribution in [1.82, 2.24) is 14.9 Å². The highest BCUT2D eigenvalue weighted by Crippen LogP contribution is 2.51. The fourth-order valence-corrected chi connectivity index (χ4v) is 8.54. The van der Waals surface area contributed by atoms with Crippen LogP contribution in [0.3, 0.4) is 0 Å². The van der Waals surface area contributed by atoms with E-state index in [0.717, 1.165) is 55.8 Å². The number of halogens is 4. The molecule has 200 valence electrons. The Morgan fingerprint density at radius 1 is 0.816 bits per heavy atom. The van der Waals surface area contributed by atoms with Gasteiger partial charge in [0.1, 0.15) is 0 Å². The molecule has 6 atom stereocenters. The van der Waals surface area contributed by atoms with Crippen molar-refractivity contribution in [2.75, 3.05) is 6.54 Å². The molecule has 4 bridgehead atoms. The van der Waals surface area contributed by atoms with Crippen LogP contribution in [0.1, 0.15) is 68.9 Å². The third kappa shape index (κ3) is 5.71. The lowest BCUT2D eigenvalue weighted by Gasteiger charge is -2.43. The fourth-order valence-electron chi connectivity index (χ4n) is 7.55. The molecule has 4 fully saturated rings. The summed E-state index contributed by atoms with van der Waals surface area (Å²) >= 11 is 4.47. The van der Waals surface area contributed by atoms with E-state index in [1.54, 1.807) is 12.4 Å². The first kappa shape index (κ1) is 28.1. The Morgan fingerprint density at radius 2 is 1.29 bits per heavy atom. The van der Waals surface area contributed by atoms with Gasteiger partial charge in [0.25, 0.3) is 6.43 Å². The zero-order valence-corrected chi connectivity index (χ0v) is 25.5. The summed E-state index contributed by atoms with van der Waals surface area (Å²) in [4.78, 5) is 10.4. The molecule has 0 amide bonds. The van der Waals surface area contributed by atoms with Crippen molar-refractivity contribution in [1.29, 1.82) is 10.5 Å². The Hall–Kier alpha value is -1.44. The van der Waals surface area contributed by atoms with E-state index < -0.39 is 11.8 Å². The number of fused-ring (bicyclic) bond motifs is 4. The Kier molecular flexibility index (Phi) is 8.56. The quantitative estimate of drug-likeness (QED) is 0.316. The van der Waals surface area contributed by atoms with Crippen LogP contribution >= 0.6 is 45.2 Å². The number of alkyl halides is 2. The molecule has 2 aromatic heterocycles. The third-order valence-electron chi connectivity index (χ3n) is 9.16. The number of rotatable bonds is 4. The predicted octanol–water partition coefficient (Wildman–Crippen LogP) is 7.00. The number of hydrogen-bond acceptors (Lipinski definition) is 5. The molecule has 0 N–H and O–H groups in total. The lowest BCUT2D eigenvalue weighted by atomic mass is 9.66. The van der Waals surface area contributed by atoms with Gasteiger partial charge in [-0.3, -0.25) is 14.9 Å². The average Bonchev–Trinajstić information content (AvgIpc) is 3.36. The number of pyridine rings is 2. The molecule has 4 heterocycles. The van der Waals surface area contributed by atoms with Gasteiger partial charge in [-0.1, -0.05) is 12.8 Å². The summed E-state index contributed by atoms with van der Waals surface area (Å²) in [5.41, 5.74) is 1.26. The maximum absolute atomic E-state index is 12.7. The number of nitriles is 2. The summed E-state index contributed by atoms with van der Waals surface area (Å²) in [7, 11) is 0. The second kappa shape index (κ2) is 11.6. The van der Waals surface area contributed by atoms with Gasteiger partial charge in [-0.15, -0.1) is 0 Å². The van der Waals surface area contributed by atoms with Crippen LogP contribution in [0.15, 0.2) is 36.9 Å². The Labute approximate surface area is 250 Å². The molecule has 6 rings (SSSR count). The molecule has 0 radical (unpaired) electrons. The molecule has 4 aliphatic rings. The van der Waals surface area contributed by atoms with Crippen molar-refractivity contribution < 1.29 is 8.78 Å². The Bertz CT molecular complexity index is 1220. The zero-order chi connectivity index (χ0) is 26.9. The van der Waals surface area contributed by atoms with E-state index in [-0.39, 0.29) is 24.0 Å². The number of piperidine rings is 1. The highest BCUT2D eigenvalue weighted by Gasteiger charge is 2.50. The van der Waals surface area contributed by atoms with Gasteiger partial charge in [-0.05, 0) is 125 Å². The lowest BCUT2D eigenvalue weighted by Crippen LogP contribution is -2.50. The standard InChI is InChI=1S/C15H16F2IN3.C14H15IN2/c16-14(17)8-21-12-1-2-13(21)5-15(4-12,9-19)10-3-11(18)7-20-6-10;15-13-4-12(7-17-8-13)14(9-16)5-10-1-2-11(3-10)6-14/h3,6-7,12-14H,1-2,4-5,8H2;4,7-8,10-11H,1-3,5-6H2/t12-,13+,15?;10-,11+,14?. The van der Waals surface area contributed by atoms with E-state index >= 15 is 0 Å². The van der Waals surface area contributed by atoms with Gasteiger partial charge in [-0.25, -0.2) is 8.78 Å². The molecule has 2 unspecified atom stereocenters. The third-order valence-corrected chi connectivity index (χ3v) is 10.3. The summed E-state index contributed by atoms with van der Waals surface area (Å²) in [5.74, 6) is 1.54. The average molecular weight is 741 g/mol. The summed E-state index contributed by atoms with van der Waals surface area (Å²) in [6, 6.07) is 9.42. The van der Waals surface area contributed by atoms with Gasteiger partial charge in [0, 0.05) is 44.0 Å². The van der Waals surface area contributed by atoms with E-state index in [9.17, 15) is 19.3 Å². The minimum absolute atomic E-state index is 0.0928. The van der Waals surface area contributed by atoms with E-state index in [1.807, 2.05) is 23.4 Å². The minimum atomic E-state index is -2.30. The summed E-state index contributed by atoms with van der Waals surface area (Å²) in [5, 5.41) is 19.4. The van der Waals surface area contributed by atoms with Crippen molar-refractivity contribution in [3.63, 3.8) is 0 Å². The highest BCUT2D eigenvalue weighted by molar-refractivity contribution is 14.1. The van der Waals surface area contributed by atoms with Crippen molar-refractivity contribution in [3.8, 4) is 12.1 Å². The van der Waals surface area contributed by atoms with Crippen LogP contribution in [0.4, 0.5) is 8.78 Å². The normalized spacial score (nSPS) is 33.8. The molecule has 5 nitrogen and oxygen atoms in total. The van der Waals surface area contributed by atoms with Gasteiger partial charge in [-0.2, -0.15) is 10.5 Å². The second-order valence-electron chi connectivity index (χ2n) is 11.5. The molecule has 9 heteroatoms. The second-order valence-corrected chi connectivity index (χ2v) is 14.0. The summed E-state index contributed by atoms with van der Waals surface area (Å²) in [6.07, 6.45) is 14.1. The first-order chi connectivity index (χ1) is 18.3. The molecule has 38 heavy (non-hydrogen) atoms. The molecular formula is C29H31F2I2N5. The molecule has 2 aliphatic heterocycles. The van der Waals surface area contributed by atoms with Crippen LogP contribution in [0.2, 0.25) is 0 Å². The Balaban J connectivity index is 0.000000158. The van der Waals surface area contributed by atoms with Gasteiger partial charge in [0.2, 0.25) is 0 Å². The largest absolute Gasteiger partial charge is 0.292 e. The van der Waals surface area contributed by atoms with Crippen LogP contribution in [-0.4, -0.2) is 39.9 Å². The molecule has 2 saturated heterocycles. The molecule has 0 spiro atoms. The van der Waals surface area contributed by atoms with Crippen LogP contribution in [-0.2, 0) is 10.8 Å². The van der Waals surface area contributed by atoms with Crippen molar-refractivity contribution in [3.05, 3.63) is 55.2 Å². The molecule has 0 aromatic carbocycles. The summed E-state index contributed by atoms with van der Waals surface area (Å²) < 4.78 is 27.6. The topological polar surface area (TPSA) is 76.6 Å². The highest BCUT2D eigenvalue weighted by atomic mass is 127. The van der Waals surface area contributed by atoms with E-state index in [0.29, 0.717) is 12.8 Å². The van der Waals surface area contributed by atoms with E-state index in [4.69, 9.17) is 0 Å². The maximum Gasteiger partial charge on any atom is 0.251 e.